The lowest BCUT2D eigenvalue weighted by Crippen LogP contribution is -2.37. The molecule has 1 fully saturated rings. The van der Waals surface area contributed by atoms with Gasteiger partial charge in [0.05, 0.1) is 16.6 Å². The van der Waals surface area contributed by atoms with Gasteiger partial charge in [-0.05, 0) is 41.8 Å². The Morgan fingerprint density at radius 3 is 2.81 bits per heavy atom. The molecule has 8 nitrogen and oxygen atoms in total. The number of allylic oxidation sites excluding steroid dienone is 1. The Balaban J connectivity index is 1.88. The number of pyridine rings is 1. The first-order valence-corrected chi connectivity index (χ1v) is 9.87. The van der Waals surface area contributed by atoms with E-state index in [1.165, 1.54) is 18.2 Å². The number of rotatable bonds is 4. The summed E-state index contributed by atoms with van der Waals surface area (Å²) in [5.41, 5.74) is 7.94. The first-order chi connectivity index (χ1) is 14.8. The van der Waals surface area contributed by atoms with E-state index in [-0.39, 0.29) is 17.1 Å². The highest BCUT2D eigenvalue weighted by molar-refractivity contribution is 6.29. The Bertz CT molecular complexity index is 1170. The molecule has 0 radical (unpaired) electrons. The van der Waals surface area contributed by atoms with Gasteiger partial charge in [-0.2, -0.15) is 5.26 Å². The summed E-state index contributed by atoms with van der Waals surface area (Å²) in [6.07, 6.45) is 1.61. The van der Waals surface area contributed by atoms with Crippen molar-refractivity contribution in [2.45, 2.75) is 19.4 Å². The van der Waals surface area contributed by atoms with Crippen LogP contribution in [0.2, 0.25) is 5.15 Å². The molecule has 4 rings (SSSR count). The van der Waals surface area contributed by atoms with Crippen LogP contribution in [0.1, 0.15) is 22.6 Å². The van der Waals surface area contributed by atoms with E-state index in [1.807, 2.05) is 11.0 Å². The maximum absolute atomic E-state index is 14.1. The summed E-state index contributed by atoms with van der Waals surface area (Å²) in [7, 11) is 0. The number of hydrogen-bond donors (Lipinski definition) is 1. The molecule has 0 amide bonds. The number of nitrogens with two attached hydrogens (primary N) is 1. The van der Waals surface area contributed by atoms with Gasteiger partial charge in [-0.15, -0.1) is 0 Å². The molecule has 0 spiro atoms. The number of aryl methyl sites for hydroxylation is 1. The number of fused-ring (bicyclic) bond motifs is 1. The molecule has 10 heteroatoms. The smallest absolute Gasteiger partial charge is 0.299 e. The van der Waals surface area contributed by atoms with Crippen LogP contribution in [0.5, 0.6) is 0 Å². The van der Waals surface area contributed by atoms with Crippen LogP contribution in [-0.2, 0) is 6.54 Å². The van der Waals surface area contributed by atoms with Gasteiger partial charge < -0.3 is 15.5 Å². The molecule has 0 saturated carbocycles. The lowest BCUT2D eigenvalue weighted by molar-refractivity contribution is -0.432. The minimum Gasteiger partial charge on any atom is -0.384 e. The van der Waals surface area contributed by atoms with Crippen molar-refractivity contribution in [2.75, 3.05) is 13.1 Å². The summed E-state index contributed by atoms with van der Waals surface area (Å²) in [5.74, 6) is -1.16. The zero-order chi connectivity index (χ0) is 22.3. The quantitative estimate of drug-likeness (QED) is 0.441. The average molecular weight is 441 g/mol. The lowest BCUT2D eigenvalue weighted by Gasteiger charge is -2.32. The molecule has 158 valence electrons. The van der Waals surface area contributed by atoms with Crippen molar-refractivity contribution >= 4 is 11.6 Å². The fourth-order valence-corrected chi connectivity index (χ4v) is 4.22. The molecule has 1 saturated heterocycles. The Labute approximate surface area is 182 Å². The Hall–Kier alpha value is -3.64. The highest BCUT2D eigenvalue weighted by atomic mass is 35.5. The molecule has 1 atom stereocenters. The second-order valence-electron chi connectivity index (χ2n) is 7.37. The van der Waals surface area contributed by atoms with Crippen molar-refractivity contribution in [1.29, 1.82) is 5.26 Å². The van der Waals surface area contributed by atoms with Gasteiger partial charge in [-0.3, -0.25) is 10.1 Å². The van der Waals surface area contributed by atoms with E-state index in [4.69, 9.17) is 17.3 Å². The van der Waals surface area contributed by atoms with Crippen LogP contribution in [0, 0.1) is 34.2 Å². The van der Waals surface area contributed by atoms with Crippen molar-refractivity contribution in [3.63, 3.8) is 0 Å². The monoisotopic (exact) mass is 440 g/mol. The second-order valence-corrected chi connectivity index (χ2v) is 7.76. The van der Waals surface area contributed by atoms with Crippen LogP contribution in [0.15, 0.2) is 59.4 Å². The zero-order valence-corrected chi connectivity index (χ0v) is 17.3. The van der Waals surface area contributed by atoms with Gasteiger partial charge in [0.2, 0.25) is 0 Å². The molecule has 0 bridgehead atoms. The van der Waals surface area contributed by atoms with Crippen molar-refractivity contribution in [3.05, 3.63) is 97.2 Å². The molecule has 2 N–H and O–H groups in total. The Kier molecular flexibility index (Phi) is 5.25. The number of nitro groups is 1. The van der Waals surface area contributed by atoms with E-state index in [0.29, 0.717) is 41.7 Å². The van der Waals surface area contributed by atoms with Crippen molar-refractivity contribution < 1.29 is 9.31 Å². The van der Waals surface area contributed by atoms with E-state index in [2.05, 4.69) is 4.98 Å². The first kappa shape index (κ1) is 20.6. The summed E-state index contributed by atoms with van der Waals surface area (Å²) < 4.78 is 14.1. The average Bonchev–Trinajstić information content (AvgIpc) is 3.14. The molecule has 0 aliphatic carbocycles. The van der Waals surface area contributed by atoms with E-state index < -0.39 is 16.7 Å². The molecule has 1 aromatic heterocycles. The molecule has 31 heavy (non-hydrogen) atoms. The Morgan fingerprint density at radius 1 is 1.39 bits per heavy atom. The first-order valence-electron chi connectivity index (χ1n) is 9.49. The second kappa shape index (κ2) is 7.89. The van der Waals surface area contributed by atoms with Crippen molar-refractivity contribution in [3.8, 4) is 6.07 Å². The van der Waals surface area contributed by atoms with Crippen LogP contribution in [-0.4, -0.2) is 32.8 Å². The molecular formula is C21H18ClFN6O2. The van der Waals surface area contributed by atoms with E-state index in [0.717, 1.165) is 5.56 Å². The molecule has 1 unspecified atom stereocenters. The third-order valence-electron chi connectivity index (χ3n) is 5.54. The minimum atomic E-state index is -1.08. The normalized spacial score (nSPS) is 18.3. The van der Waals surface area contributed by atoms with Crippen LogP contribution in [0.3, 0.4) is 0 Å². The maximum atomic E-state index is 14.1. The summed E-state index contributed by atoms with van der Waals surface area (Å²) >= 11 is 5.85. The van der Waals surface area contributed by atoms with Gasteiger partial charge in [-0.1, -0.05) is 23.7 Å². The zero-order valence-electron chi connectivity index (χ0n) is 16.5. The largest absolute Gasteiger partial charge is 0.384 e. The number of halogens is 2. The van der Waals surface area contributed by atoms with Gasteiger partial charge in [0.1, 0.15) is 22.7 Å². The number of nitrogens with zero attached hydrogens (tertiary/aromatic N) is 5. The number of benzene rings is 1. The topological polar surface area (TPSA) is 112 Å². The third kappa shape index (κ3) is 3.55. The van der Waals surface area contributed by atoms with Crippen LogP contribution in [0.4, 0.5) is 4.39 Å². The van der Waals surface area contributed by atoms with Crippen LogP contribution in [0.25, 0.3) is 0 Å². The molecule has 3 heterocycles. The van der Waals surface area contributed by atoms with E-state index in [1.54, 1.807) is 30.2 Å². The Morgan fingerprint density at radius 2 is 2.16 bits per heavy atom. The number of aromatic nitrogens is 1. The van der Waals surface area contributed by atoms with Crippen LogP contribution < -0.4 is 5.73 Å². The third-order valence-corrected chi connectivity index (χ3v) is 5.76. The van der Waals surface area contributed by atoms with E-state index in [9.17, 15) is 19.8 Å². The van der Waals surface area contributed by atoms with Crippen LogP contribution >= 0.6 is 11.6 Å². The summed E-state index contributed by atoms with van der Waals surface area (Å²) in [4.78, 5) is 19.3. The molecule has 2 aliphatic heterocycles. The fourth-order valence-electron chi connectivity index (χ4n) is 4.11. The molecule has 2 aromatic rings. The summed E-state index contributed by atoms with van der Waals surface area (Å²) in [5, 5.41) is 22.4. The number of hydrogen-bond acceptors (Lipinski definition) is 7. The highest BCUT2D eigenvalue weighted by Gasteiger charge is 2.47. The SMILES string of the molecule is Cc1ccc(F)cc1C1C(C#N)=C(N)N2CCN(Cc3ccc(Cl)nc3)C2=C1[N+](=O)[O-]. The van der Waals surface area contributed by atoms with Crippen molar-refractivity contribution in [1.82, 2.24) is 14.8 Å². The number of nitriles is 1. The summed E-state index contributed by atoms with van der Waals surface area (Å²) in [6, 6.07) is 9.51. The van der Waals surface area contributed by atoms with Gasteiger partial charge in [0.15, 0.2) is 5.82 Å². The predicted octanol–water partition coefficient (Wildman–Crippen LogP) is 3.24. The molecule has 1 aromatic carbocycles. The van der Waals surface area contributed by atoms with Gasteiger partial charge in [-0.25, -0.2) is 9.37 Å². The standard InChI is InChI=1S/C21H18ClFN6O2/c1-12-2-4-14(23)8-15(12)18-16(9-24)20(25)28-7-6-27(21(28)19(18)29(30)31)11-13-3-5-17(22)26-10-13/h2-5,8,10,18H,6-7,11,25H2,1H3. The van der Waals surface area contributed by atoms with Gasteiger partial charge in [0, 0.05) is 25.8 Å². The maximum Gasteiger partial charge on any atom is 0.299 e. The van der Waals surface area contributed by atoms with E-state index >= 15 is 0 Å². The lowest BCUT2D eigenvalue weighted by atomic mass is 9.84. The summed E-state index contributed by atoms with van der Waals surface area (Å²) in [6.45, 7) is 2.92. The highest BCUT2D eigenvalue weighted by Crippen LogP contribution is 2.44. The fraction of sp³-hybridized carbons (Fsp3) is 0.238. The molecular weight excluding hydrogens is 423 g/mol. The van der Waals surface area contributed by atoms with Crippen molar-refractivity contribution in [2.24, 2.45) is 5.73 Å². The molecule has 2 aliphatic rings. The predicted molar refractivity (Wildman–Crippen MR) is 111 cm³/mol. The van der Waals surface area contributed by atoms with Gasteiger partial charge >= 0.3 is 0 Å². The minimum absolute atomic E-state index is 0.0409. The van der Waals surface area contributed by atoms with Gasteiger partial charge in [0.25, 0.3) is 5.70 Å².